The first-order valence-corrected chi connectivity index (χ1v) is 11.0. The number of amides is 3. The SMILES string of the molecule is CCCCNC(=O)N1CCN(c2ccc(NC(=O)c3cc(OC)cc(OC)c3)cc2)CC1. The summed E-state index contributed by atoms with van der Waals surface area (Å²) in [5.41, 5.74) is 2.23. The Morgan fingerprint density at radius 2 is 1.56 bits per heavy atom. The molecule has 8 nitrogen and oxygen atoms in total. The van der Waals surface area contributed by atoms with Gasteiger partial charge in [0, 0.05) is 55.7 Å². The predicted octanol–water partition coefficient (Wildman–Crippen LogP) is 3.59. The molecule has 2 N–H and O–H groups in total. The molecular weight excluding hydrogens is 408 g/mol. The van der Waals surface area contributed by atoms with Crippen molar-refractivity contribution >= 4 is 23.3 Å². The van der Waals surface area contributed by atoms with Crippen molar-refractivity contribution in [2.45, 2.75) is 19.8 Å². The summed E-state index contributed by atoms with van der Waals surface area (Å²) in [5.74, 6) is 0.878. The van der Waals surface area contributed by atoms with Crippen molar-refractivity contribution in [1.29, 1.82) is 0 Å². The molecule has 3 rings (SSSR count). The highest BCUT2D eigenvalue weighted by Crippen LogP contribution is 2.24. The van der Waals surface area contributed by atoms with E-state index in [9.17, 15) is 9.59 Å². The lowest BCUT2D eigenvalue weighted by Gasteiger charge is -2.36. The van der Waals surface area contributed by atoms with E-state index in [-0.39, 0.29) is 11.9 Å². The summed E-state index contributed by atoms with van der Waals surface area (Å²) in [7, 11) is 3.10. The largest absolute Gasteiger partial charge is 0.497 e. The van der Waals surface area contributed by atoms with E-state index in [0.717, 1.165) is 38.2 Å². The molecule has 1 fully saturated rings. The first kappa shape index (κ1) is 23.2. The van der Waals surface area contributed by atoms with Crippen LogP contribution in [0.3, 0.4) is 0 Å². The maximum Gasteiger partial charge on any atom is 0.317 e. The third-order valence-corrected chi connectivity index (χ3v) is 5.48. The fourth-order valence-electron chi connectivity index (χ4n) is 3.55. The summed E-state index contributed by atoms with van der Waals surface area (Å²) in [6, 6.07) is 12.8. The van der Waals surface area contributed by atoms with Crippen molar-refractivity contribution < 1.29 is 19.1 Å². The van der Waals surface area contributed by atoms with Crippen LogP contribution >= 0.6 is 0 Å². The molecule has 1 saturated heterocycles. The molecule has 172 valence electrons. The van der Waals surface area contributed by atoms with Crippen molar-refractivity contribution in [3.05, 3.63) is 48.0 Å². The Morgan fingerprint density at radius 1 is 0.938 bits per heavy atom. The Balaban J connectivity index is 1.54. The quantitative estimate of drug-likeness (QED) is 0.613. The second-order valence-electron chi connectivity index (χ2n) is 7.66. The number of methoxy groups -OCH3 is 2. The number of urea groups is 1. The average Bonchev–Trinajstić information content (AvgIpc) is 2.84. The molecular formula is C24H32N4O4. The molecule has 0 radical (unpaired) electrons. The number of anilines is 2. The van der Waals surface area contributed by atoms with Crippen LogP contribution in [0.15, 0.2) is 42.5 Å². The molecule has 0 aromatic heterocycles. The highest BCUT2D eigenvalue weighted by atomic mass is 16.5. The number of unbranched alkanes of at least 4 members (excludes halogenated alkanes) is 1. The number of nitrogens with one attached hydrogen (secondary N) is 2. The fourth-order valence-corrected chi connectivity index (χ4v) is 3.55. The molecule has 32 heavy (non-hydrogen) atoms. The maximum absolute atomic E-state index is 12.7. The molecule has 2 aromatic carbocycles. The van der Waals surface area contributed by atoms with Gasteiger partial charge in [-0.2, -0.15) is 0 Å². The maximum atomic E-state index is 12.7. The molecule has 0 bridgehead atoms. The number of nitrogens with zero attached hydrogens (tertiary/aromatic N) is 2. The van der Waals surface area contributed by atoms with E-state index in [0.29, 0.717) is 35.8 Å². The first-order chi connectivity index (χ1) is 15.5. The number of benzene rings is 2. The summed E-state index contributed by atoms with van der Waals surface area (Å²) < 4.78 is 10.5. The molecule has 1 aliphatic rings. The van der Waals surface area contributed by atoms with Crippen LogP contribution in [0.1, 0.15) is 30.1 Å². The number of hydrogen-bond acceptors (Lipinski definition) is 5. The minimum absolute atomic E-state index is 0.0188. The van der Waals surface area contributed by atoms with Gasteiger partial charge < -0.3 is 29.9 Å². The average molecular weight is 441 g/mol. The van der Waals surface area contributed by atoms with Crippen LogP contribution in [0.5, 0.6) is 11.5 Å². The van der Waals surface area contributed by atoms with Gasteiger partial charge in [0.25, 0.3) is 5.91 Å². The van der Waals surface area contributed by atoms with Crippen LogP contribution in [0.2, 0.25) is 0 Å². The van der Waals surface area contributed by atoms with Crippen LogP contribution in [0.4, 0.5) is 16.2 Å². The minimum Gasteiger partial charge on any atom is -0.497 e. The van der Waals surface area contributed by atoms with Crippen molar-refractivity contribution in [2.75, 3.05) is 57.2 Å². The van der Waals surface area contributed by atoms with E-state index in [1.54, 1.807) is 32.4 Å². The summed E-state index contributed by atoms with van der Waals surface area (Å²) in [4.78, 5) is 29.0. The van der Waals surface area contributed by atoms with Gasteiger partial charge in [-0.25, -0.2) is 4.79 Å². The molecule has 0 aliphatic carbocycles. The summed E-state index contributed by atoms with van der Waals surface area (Å²) in [6.07, 6.45) is 2.07. The summed E-state index contributed by atoms with van der Waals surface area (Å²) in [6.45, 7) is 5.76. The summed E-state index contributed by atoms with van der Waals surface area (Å²) in [5, 5.41) is 5.88. The number of piperazine rings is 1. The Bertz CT molecular complexity index is 886. The van der Waals surface area contributed by atoms with Gasteiger partial charge in [-0.3, -0.25) is 4.79 Å². The molecule has 3 amide bonds. The molecule has 0 unspecified atom stereocenters. The van der Waals surface area contributed by atoms with Gasteiger partial charge in [0.05, 0.1) is 14.2 Å². The Hall–Kier alpha value is -3.42. The lowest BCUT2D eigenvalue weighted by molar-refractivity contribution is 0.102. The first-order valence-electron chi connectivity index (χ1n) is 11.0. The number of hydrogen-bond donors (Lipinski definition) is 2. The van der Waals surface area contributed by atoms with E-state index in [4.69, 9.17) is 9.47 Å². The van der Waals surface area contributed by atoms with Gasteiger partial charge in [0.2, 0.25) is 0 Å². The molecule has 1 aliphatic heterocycles. The smallest absolute Gasteiger partial charge is 0.317 e. The lowest BCUT2D eigenvalue weighted by Crippen LogP contribution is -2.52. The molecule has 2 aromatic rings. The minimum atomic E-state index is -0.238. The normalized spacial score (nSPS) is 13.5. The third kappa shape index (κ3) is 6.06. The van der Waals surface area contributed by atoms with Crippen LogP contribution < -0.4 is 25.0 Å². The number of ether oxygens (including phenoxy) is 2. The monoisotopic (exact) mass is 440 g/mol. The number of carbonyl (C=O) groups excluding carboxylic acids is 2. The van der Waals surface area contributed by atoms with E-state index in [1.165, 1.54) is 0 Å². The third-order valence-electron chi connectivity index (χ3n) is 5.48. The standard InChI is InChI=1S/C24H32N4O4/c1-4-5-10-25-24(30)28-13-11-27(12-14-28)20-8-6-19(7-9-20)26-23(29)18-15-21(31-2)17-22(16-18)32-3/h6-9,15-17H,4-5,10-14H2,1-3H3,(H,25,30)(H,26,29). The molecule has 0 spiro atoms. The number of carbonyl (C=O) groups is 2. The van der Waals surface area contributed by atoms with Crippen molar-refractivity contribution in [3.8, 4) is 11.5 Å². The van der Waals surface area contributed by atoms with Crippen molar-refractivity contribution in [1.82, 2.24) is 10.2 Å². The van der Waals surface area contributed by atoms with Crippen LogP contribution in [0.25, 0.3) is 0 Å². The van der Waals surface area contributed by atoms with Gasteiger partial charge in [-0.05, 0) is 42.8 Å². The zero-order valence-corrected chi connectivity index (χ0v) is 19.0. The molecule has 0 saturated carbocycles. The van der Waals surface area contributed by atoms with Gasteiger partial charge >= 0.3 is 6.03 Å². The number of rotatable bonds is 8. The van der Waals surface area contributed by atoms with Crippen LogP contribution in [0, 0.1) is 0 Å². The van der Waals surface area contributed by atoms with E-state index >= 15 is 0 Å². The van der Waals surface area contributed by atoms with Crippen molar-refractivity contribution in [2.24, 2.45) is 0 Å². The summed E-state index contributed by atoms with van der Waals surface area (Å²) >= 11 is 0. The Morgan fingerprint density at radius 3 is 2.12 bits per heavy atom. The lowest BCUT2D eigenvalue weighted by atomic mass is 10.1. The predicted molar refractivity (Wildman–Crippen MR) is 126 cm³/mol. The van der Waals surface area contributed by atoms with Gasteiger partial charge in [0.1, 0.15) is 11.5 Å². The highest BCUT2D eigenvalue weighted by molar-refractivity contribution is 6.04. The highest BCUT2D eigenvalue weighted by Gasteiger charge is 2.21. The molecule has 8 heteroatoms. The van der Waals surface area contributed by atoms with Gasteiger partial charge in [-0.15, -0.1) is 0 Å². The van der Waals surface area contributed by atoms with E-state index in [2.05, 4.69) is 22.5 Å². The zero-order chi connectivity index (χ0) is 22.9. The second kappa shape index (κ2) is 11.3. The van der Waals surface area contributed by atoms with E-state index < -0.39 is 0 Å². The van der Waals surface area contributed by atoms with Crippen LogP contribution in [-0.4, -0.2) is 63.8 Å². The zero-order valence-electron chi connectivity index (χ0n) is 19.0. The second-order valence-corrected chi connectivity index (χ2v) is 7.66. The van der Waals surface area contributed by atoms with E-state index in [1.807, 2.05) is 29.2 Å². The fraction of sp³-hybridized carbons (Fsp3) is 0.417. The topological polar surface area (TPSA) is 83.1 Å². The van der Waals surface area contributed by atoms with Gasteiger partial charge in [0.15, 0.2) is 0 Å². The molecule has 1 heterocycles. The van der Waals surface area contributed by atoms with Gasteiger partial charge in [-0.1, -0.05) is 13.3 Å². The van der Waals surface area contributed by atoms with Crippen LogP contribution in [-0.2, 0) is 0 Å². The Kier molecular flexibility index (Phi) is 8.19. The molecule has 0 atom stereocenters. The Labute approximate surface area is 189 Å². The van der Waals surface area contributed by atoms with Crippen molar-refractivity contribution in [3.63, 3.8) is 0 Å².